The number of anilines is 1. The Morgan fingerprint density at radius 1 is 1.41 bits per heavy atom. The lowest BCUT2D eigenvalue weighted by atomic mass is 10.1. The van der Waals surface area contributed by atoms with E-state index in [0.29, 0.717) is 30.4 Å². The van der Waals surface area contributed by atoms with E-state index in [2.05, 4.69) is 10.3 Å². The maximum atomic E-state index is 12.4. The summed E-state index contributed by atoms with van der Waals surface area (Å²) in [5.41, 5.74) is 1.74. The molecule has 1 amide bonds. The summed E-state index contributed by atoms with van der Waals surface area (Å²) >= 11 is 1.36. The molecule has 0 radical (unpaired) electrons. The number of thiazole rings is 1. The van der Waals surface area contributed by atoms with Crippen LogP contribution in [0.1, 0.15) is 29.0 Å². The molecule has 4 rings (SSSR count). The minimum atomic E-state index is -3.18. The van der Waals surface area contributed by atoms with E-state index < -0.39 is 10.0 Å². The van der Waals surface area contributed by atoms with Crippen molar-refractivity contribution in [2.75, 3.05) is 19.0 Å². The van der Waals surface area contributed by atoms with Gasteiger partial charge in [0.15, 0.2) is 5.13 Å². The quantitative estimate of drug-likeness (QED) is 0.793. The van der Waals surface area contributed by atoms with Crippen molar-refractivity contribution in [2.24, 2.45) is 0 Å². The summed E-state index contributed by atoms with van der Waals surface area (Å²) in [6, 6.07) is 7.37. The number of aromatic nitrogens is 1. The molecule has 1 aliphatic carbocycles. The van der Waals surface area contributed by atoms with E-state index >= 15 is 0 Å². The van der Waals surface area contributed by atoms with Gasteiger partial charge in [0.05, 0.1) is 24.5 Å². The molecule has 2 heterocycles. The van der Waals surface area contributed by atoms with Crippen molar-refractivity contribution in [3.8, 4) is 5.75 Å². The molecule has 1 aromatic heterocycles. The van der Waals surface area contributed by atoms with E-state index in [1.807, 2.05) is 24.3 Å². The Labute approximate surface area is 162 Å². The number of methoxy groups -OCH3 is 1. The van der Waals surface area contributed by atoms with Crippen LogP contribution in [-0.2, 0) is 34.2 Å². The van der Waals surface area contributed by atoms with Crippen LogP contribution in [0.5, 0.6) is 5.75 Å². The van der Waals surface area contributed by atoms with E-state index in [1.54, 1.807) is 11.4 Å². The van der Waals surface area contributed by atoms with Gasteiger partial charge in [-0.25, -0.2) is 13.4 Å². The van der Waals surface area contributed by atoms with Gasteiger partial charge in [-0.2, -0.15) is 4.31 Å². The Balaban J connectivity index is 1.41. The summed E-state index contributed by atoms with van der Waals surface area (Å²) in [6.07, 6.45) is 2.34. The second kappa shape index (κ2) is 7.21. The molecule has 0 unspecified atom stereocenters. The summed E-state index contributed by atoms with van der Waals surface area (Å²) in [5.74, 6) is 0.554. The molecule has 1 fully saturated rings. The van der Waals surface area contributed by atoms with Gasteiger partial charge in [0.25, 0.3) is 0 Å². The Bertz CT molecular complexity index is 967. The molecule has 1 aliphatic heterocycles. The van der Waals surface area contributed by atoms with Gasteiger partial charge in [-0.3, -0.25) is 4.79 Å². The van der Waals surface area contributed by atoms with Gasteiger partial charge in [-0.15, -0.1) is 11.3 Å². The highest BCUT2D eigenvalue weighted by Gasteiger charge is 2.41. The predicted molar refractivity (Wildman–Crippen MR) is 103 cm³/mol. The van der Waals surface area contributed by atoms with Crippen molar-refractivity contribution in [1.29, 1.82) is 0 Å². The van der Waals surface area contributed by atoms with E-state index in [-0.39, 0.29) is 17.6 Å². The highest BCUT2D eigenvalue weighted by atomic mass is 32.2. The second-order valence-corrected chi connectivity index (χ2v) is 10.1. The molecule has 1 saturated carbocycles. The Morgan fingerprint density at radius 3 is 2.96 bits per heavy atom. The number of hydrogen-bond donors (Lipinski definition) is 1. The number of rotatable bonds is 6. The fourth-order valence-electron chi connectivity index (χ4n) is 3.15. The van der Waals surface area contributed by atoms with Crippen molar-refractivity contribution in [2.45, 2.75) is 37.5 Å². The molecule has 9 heteroatoms. The SMILES string of the molecule is COc1cccc(CC(=O)Nc2nc3c(s2)CN(S(=O)(=O)C2CC2)CC3)c1. The Hall–Kier alpha value is -1.97. The first kappa shape index (κ1) is 18.4. The van der Waals surface area contributed by atoms with Crippen LogP contribution in [0.2, 0.25) is 0 Å². The zero-order valence-corrected chi connectivity index (χ0v) is 16.6. The topological polar surface area (TPSA) is 88.6 Å². The smallest absolute Gasteiger partial charge is 0.230 e. The zero-order valence-electron chi connectivity index (χ0n) is 15.0. The summed E-state index contributed by atoms with van der Waals surface area (Å²) in [5, 5.41) is 3.16. The first-order valence-corrected chi connectivity index (χ1v) is 11.2. The molecule has 7 nitrogen and oxygen atoms in total. The fourth-order valence-corrected chi connectivity index (χ4v) is 6.08. The minimum absolute atomic E-state index is 0.156. The van der Waals surface area contributed by atoms with Crippen LogP contribution >= 0.6 is 11.3 Å². The maximum Gasteiger partial charge on any atom is 0.230 e. The first-order valence-electron chi connectivity index (χ1n) is 8.86. The molecule has 27 heavy (non-hydrogen) atoms. The largest absolute Gasteiger partial charge is 0.497 e. The molecule has 0 bridgehead atoms. The monoisotopic (exact) mass is 407 g/mol. The van der Waals surface area contributed by atoms with Gasteiger partial charge in [0.2, 0.25) is 15.9 Å². The third kappa shape index (κ3) is 3.99. The summed E-state index contributed by atoms with van der Waals surface area (Å²) < 4.78 is 31.6. The van der Waals surface area contributed by atoms with Gasteiger partial charge < -0.3 is 10.1 Å². The van der Waals surface area contributed by atoms with E-state index in [0.717, 1.165) is 29.0 Å². The summed E-state index contributed by atoms with van der Waals surface area (Å²) in [4.78, 5) is 17.7. The minimum Gasteiger partial charge on any atom is -0.497 e. The lowest BCUT2D eigenvalue weighted by Crippen LogP contribution is -2.37. The lowest BCUT2D eigenvalue weighted by molar-refractivity contribution is -0.115. The highest BCUT2D eigenvalue weighted by Crippen LogP contribution is 2.35. The van der Waals surface area contributed by atoms with Gasteiger partial charge in [0.1, 0.15) is 5.75 Å². The van der Waals surface area contributed by atoms with Crippen LogP contribution in [0.25, 0.3) is 0 Å². The van der Waals surface area contributed by atoms with Crippen molar-refractivity contribution >= 4 is 32.4 Å². The number of sulfonamides is 1. The molecule has 0 spiro atoms. The van der Waals surface area contributed by atoms with Crippen LogP contribution in [0.15, 0.2) is 24.3 Å². The van der Waals surface area contributed by atoms with E-state index in [4.69, 9.17) is 4.74 Å². The van der Waals surface area contributed by atoms with Crippen LogP contribution < -0.4 is 10.1 Å². The third-order valence-electron chi connectivity index (χ3n) is 4.75. The lowest BCUT2D eigenvalue weighted by Gasteiger charge is -2.25. The van der Waals surface area contributed by atoms with E-state index in [9.17, 15) is 13.2 Å². The van der Waals surface area contributed by atoms with Crippen molar-refractivity contribution in [1.82, 2.24) is 9.29 Å². The van der Waals surface area contributed by atoms with Crippen molar-refractivity contribution < 1.29 is 17.9 Å². The molecule has 0 atom stereocenters. The summed E-state index contributed by atoms with van der Waals surface area (Å²) in [6.45, 7) is 0.824. The van der Waals surface area contributed by atoms with Crippen LogP contribution in [0.3, 0.4) is 0 Å². The molecule has 144 valence electrons. The number of amides is 1. The second-order valence-electron chi connectivity index (χ2n) is 6.79. The standard InChI is InChI=1S/C18H21N3O4S2/c1-25-13-4-2-3-12(9-13)10-17(22)20-18-19-15-7-8-21(11-16(15)26-18)27(23,24)14-5-6-14/h2-4,9,14H,5-8,10-11H2,1H3,(H,19,20,22). The molecule has 2 aliphatic rings. The fraction of sp³-hybridized carbons (Fsp3) is 0.444. The number of benzene rings is 1. The number of nitrogens with one attached hydrogen (secondary N) is 1. The van der Waals surface area contributed by atoms with Gasteiger partial charge >= 0.3 is 0 Å². The molecule has 2 aromatic rings. The molecule has 1 aromatic carbocycles. The molecular formula is C18H21N3O4S2. The average Bonchev–Trinajstić information content (AvgIpc) is 3.43. The number of ether oxygens (including phenoxy) is 1. The maximum absolute atomic E-state index is 12.4. The van der Waals surface area contributed by atoms with Gasteiger partial charge in [-0.05, 0) is 30.5 Å². The first-order chi connectivity index (χ1) is 13.0. The number of fused-ring (bicyclic) bond motifs is 1. The number of nitrogens with zero attached hydrogens (tertiary/aromatic N) is 2. The van der Waals surface area contributed by atoms with Crippen LogP contribution in [0, 0.1) is 0 Å². The van der Waals surface area contributed by atoms with Crippen molar-refractivity contribution in [3.63, 3.8) is 0 Å². The Kier molecular flexibility index (Phi) is 4.92. The normalized spacial score (nSPS) is 17.4. The molecule has 1 N–H and O–H groups in total. The third-order valence-corrected chi connectivity index (χ3v) is 8.09. The number of hydrogen-bond acceptors (Lipinski definition) is 6. The molecular weight excluding hydrogens is 386 g/mol. The summed E-state index contributed by atoms with van der Waals surface area (Å²) in [7, 11) is -1.59. The number of carbonyl (C=O) groups is 1. The van der Waals surface area contributed by atoms with Crippen LogP contribution in [-0.4, -0.2) is 42.5 Å². The van der Waals surface area contributed by atoms with Gasteiger partial charge in [-0.1, -0.05) is 12.1 Å². The van der Waals surface area contributed by atoms with Crippen LogP contribution in [0.4, 0.5) is 5.13 Å². The average molecular weight is 408 g/mol. The predicted octanol–water partition coefficient (Wildman–Crippen LogP) is 2.18. The number of carbonyl (C=O) groups excluding carboxylic acids is 1. The van der Waals surface area contributed by atoms with Crippen molar-refractivity contribution in [3.05, 3.63) is 40.4 Å². The zero-order chi connectivity index (χ0) is 19.0. The van der Waals surface area contributed by atoms with Gasteiger partial charge in [0, 0.05) is 24.4 Å². The molecule has 0 saturated heterocycles. The highest BCUT2D eigenvalue weighted by molar-refractivity contribution is 7.90. The van der Waals surface area contributed by atoms with E-state index in [1.165, 1.54) is 11.3 Å². The Morgan fingerprint density at radius 2 is 2.22 bits per heavy atom.